The van der Waals surface area contributed by atoms with Crippen molar-refractivity contribution in [2.24, 2.45) is 0 Å². The zero-order valence-corrected chi connectivity index (χ0v) is 19.5. The van der Waals surface area contributed by atoms with E-state index in [-0.39, 0.29) is 12.2 Å². The molecule has 170 valence electrons. The zero-order chi connectivity index (χ0) is 22.9. The van der Waals surface area contributed by atoms with E-state index >= 15 is 0 Å². The highest BCUT2D eigenvalue weighted by molar-refractivity contribution is 7.80. The van der Waals surface area contributed by atoms with Gasteiger partial charge in [0.15, 0.2) is 5.78 Å². The third-order valence-corrected chi connectivity index (χ3v) is 6.04. The summed E-state index contributed by atoms with van der Waals surface area (Å²) in [5, 5.41) is 21.8. The van der Waals surface area contributed by atoms with Gasteiger partial charge in [0.05, 0.1) is 11.7 Å². The number of aliphatic hydroxyl groups is 2. The van der Waals surface area contributed by atoms with E-state index in [0.29, 0.717) is 43.1 Å². The Hall–Kier alpha value is -1.44. The average molecular weight is 468 g/mol. The van der Waals surface area contributed by atoms with Gasteiger partial charge < -0.3 is 15.1 Å². The summed E-state index contributed by atoms with van der Waals surface area (Å²) < 4.78 is 12.9. The van der Waals surface area contributed by atoms with Gasteiger partial charge in [-0.05, 0) is 67.0 Å². The van der Waals surface area contributed by atoms with E-state index in [4.69, 9.17) is 11.6 Å². The highest BCUT2D eigenvalue weighted by Gasteiger charge is 2.34. The van der Waals surface area contributed by atoms with Gasteiger partial charge in [0.1, 0.15) is 5.82 Å². The van der Waals surface area contributed by atoms with Crippen molar-refractivity contribution in [2.75, 3.05) is 25.4 Å². The molecule has 2 aromatic carbocycles. The quantitative estimate of drug-likeness (QED) is 0.407. The number of hydrogen-bond acceptors (Lipinski definition) is 5. The lowest BCUT2D eigenvalue weighted by molar-refractivity contribution is -0.0343. The molecule has 1 heterocycles. The highest BCUT2D eigenvalue weighted by Crippen LogP contribution is 2.33. The molecule has 0 bridgehead atoms. The zero-order valence-electron chi connectivity index (χ0n) is 17.8. The van der Waals surface area contributed by atoms with E-state index in [0.717, 1.165) is 11.3 Å². The molecule has 0 radical (unpaired) electrons. The van der Waals surface area contributed by atoms with Crippen LogP contribution in [0.5, 0.6) is 0 Å². The fraction of sp³-hybridized carbons (Fsp3) is 0.458. The van der Waals surface area contributed by atoms with Crippen LogP contribution in [0.1, 0.15) is 48.5 Å². The first-order valence-electron chi connectivity index (χ1n) is 10.6. The third kappa shape index (κ3) is 8.20. The SMILES string of the molecule is CCCS.O=C(CC(O)CN1CCC(O)(c2ccc(Cl)cc2)CC1)c1ccc(F)cc1. The van der Waals surface area contributed by atoms with Gasteiger partial charge in [-0.2, -0.15) is 12.6 Å². The first-order valence-corrected chi connectivity index (χ1v) is 11.6. The molecule has 0 amide bonds. The molecule has 1 unspecified atom stereocenters. The predicted molar refractivity (Wildman–Crippen MR) is 127 cm³/mol. The van der Waals surface area contributed by atoms with E-state index in [9.17, 15) is 19.4 Å². The maximum absolute atomic E-state index is 12.9. The van der Waals surface area contributed by atoms with Crippen LogP contribution in [-0.4, -0.2) is 52.4 Å². The highest BCUT2D eigenvalue weighted by atomic mass is 35.5. The summed E-state index contributed by atoms with van der Waals surface area (Å²) >= 11 is 9.83. The van der Waals surface area contributed by atoms with Gasteiger partial charge >= 0.3 is 0 Å². The second-order valence-corrected chi connectivity index (χ2v) is 8.73. The number of thiol groups is 1. The van der Waals surface area contributed by atoms with Gasteiger partial charge in [-0.25, -0.2) is 4.39 Å². The molecule has 0 aromatic heterocycles. The summed E-state index contributed by atoms with van der Waals surface area (Å²) in [7, 11) is 0. The molecule has 0 saturated carbocycles. The molecule has 7 heteroatoms. The van der Waals surface area contributed by atoms with Crippen LogP contribution in [0, 0.1) is 5.82 Å². The number of carbonyl (C=O) groups excluding carboxylic acids is 1. The number of rotatable bonds is 7. The van der Waals surface area contributed by atoms with Gasteiger partial charge in [0, 0.05) is 36.6 Å². The van der Waals surface area contributed by atoms with Crippen molar-refractivity contribution in [1.82, 2.24) is 4.90 Å². The van der Waals surface area contributed by atoms with E-state index < -0.39 is 17.5 Å². The third-order valence-electron chi connectivity index (χ3n) is 5.34. The van der Waals surface area contributed by atoms with E-state index in [2.05, 4.69) is 19.6 Å². The first-order chi connectivity index (χ1) is 14.8. The minimum absolute atomic E-state index is 0.0103. The van der Waals surface area contributed by atoms with Gasteiger partial charge in [0.25, 0.3) is 0 Å². The maximum atomic E-state index is 12.9. The lowest BCUT2D eigenvalue weighted by Gasteiger charge is -2.39. The van der Waals surface area contributed by atoms with Crippen LogP contribution in [0.15, 0.2) is 48.5 Å². The van der Waals surface area contributed by atoms with Crippen molar-refractivity contribution in [2.45, 2.75) is 44.3 Å². The fourth-order valence-electron chi connectivity index (χ4n) is 3.48. The molecule has 0 spiro atoms. The number of ketones is 1. The van der Waals surface area contributed by atoms with E-state index in [1.807, 2.05) is 17.0 Å². The van der Waals surface area contributed by atoms with Gasteiger partial charge in [-0.1, -0.05) is 30.7 Å². The van der Waals surface area contributed by atoms with Crippen molar-refractivity contribution in [3.05, 3.63) is 70.5 Å². The number of nitrogens with zero attached hydrogens (tertiary/aromatic N) is 1. The molecule has 3 rings (SSSR count). The summed E-state index contributed by atoms with van der Waals surface area (Å²) in [4.78, 5) is 14.2. The van der Waals surface area contributed by atoms with Gasteiger partial charge in [-0.3, -0.25) is 4.79 Å². The van der Waals surface area contributed by atoms with Gasteiger partial charge in [-0.15, -0.1) is 0 Å². The number of β-amino-alcohol motifs (C(OH)–C–C–N with tert-alkyl or cyclic N) is 1. The number of likely N-dealkylation sites (tertiary alicyclic amines) is 1. The molecule has 4 nitrogen and oxygen atoms in total. The molecule has 31 heavy (non-hydrogen) atoms. The number of halogens is 2. The number of aliphatic hydroxyl groups excluding tert-OH is 1. The average Bonchev–Trinajstić information content (AvgIpc) is 2.76. The Kier molecular flexibility index (Phi) is 10.5. The Morgan fingerprint density at radius 2 is 1.71 bits per heavy atom. The second kappa shape index (κ2) is 12.6. The molecule has 0 aliphatic carbocycles. The van der Waals surface area contributed by atoms with Gasteiger partial charge in [0.2, 0.25) is 0 Å². The monoisotopic (exact) mass is 467 g/mol. The Bertz CT molecular complexity index is 807. The summed E-state index contributed by atoms with van der Waals surface area (Å²) in [6.07, 6.45) is 1.47. The minimum atomic E-state index is -0.893. The minimum Gasteiger partial charge on any atom is -0.391 e. The lowest BCUT2D eigenvalue weighted by atomic mass is 9.84. The molecule has 1 fully saturated rings. The molecule has 1 aliphatic heterocycles. The lowest BCUT2D eigenvalue weighted by Crippen LogP contribution is -2.45. The topological polar surface area (TPSA) is 60.8 Å². The smallest absolute Gasteiger partial charge is 0.165 e. The van der Waals surface area contributed by atoms with E-state index in [1.54, 1.807) is 12.1 Å². The number of carbonyl (C=O) groups is 1. The number of benzene rings is 2. The van der Waals surface area contributed by atoms with Crippen molar-refractivity contribution < 1.29 is 19.4 Å². The Morgan fingerprint density at radius 1 is 1.16 bits per heavy atom. The Labute approximate surface area is 194 Å². The Balaban J connectivity index is 0.000000785. The predicted octanol–water partition coefficient (Wildman–Crippen LogP) is 4.72. The molecular formula is C24H31ClFNO3S. The first kappa shape index (κ1) is 25.8. The van der Waals surface area contributed by atoms with Crippen molar-refractivity contribution in [1.29, 1.82) is 0 Å². The van der Waals surface area contributed by atoms with Crippen LogP contribution in [0.25, 0.3) is 0 Å². The second-order valence-electron chi connectivity index (χ2n) is 7.85. The number of piperidine rings is 1. The summed E-state index contributed by atoms with van der Waals surface area (Å²) in [5.74, 6) is 0.408. The molecule has 1 atom stereocenters. The summed E-state index contributed by atoms with van der Waals surface area (Å²) in [5.41, 5.74) is 0.348. The van der Waals surface area contributed by atoms with Crippen molar-refractivity contribution in [3.8, 4) is 0 Å². The normalized spacial score (nSPS) is 16.8. The largest absolute Gasteiger partial charge is 0.391 e. The van der Waals surface area contributed by atoms with Crippen LogP contribution < -0.4 is 0 Å². The van der Waals surface area contributed by atoms with Crippen LogP contribution in [0.4, 0.5) is 4.39 Å². The molecule has 2 N–H and O–H groups in total. The van der Waals surface area contributed by atoms with E-state index in [1.165, 1.54) is 30.7 Å². The van der Waals surface area contributed by atoms with Crippen molar-refractivity contribution in [3.63, 3.8) is 0 Å². The fourth-order valence-corrected chi connectivity index (χ4v) is 3.61. The number of Topliss-reactive ketones (excluding diaryl/α,β-unsaturated/α-hetero) is 1. The molecule has 2 aromatic rings. The summed E-state index contributed by atoms with van der Waals surface area (Å²) in [6, 6.07) is 12.6. The molecular weight excluding hydrogens is 437 g/mol. The Morgan fingerprint density at radius 3 is 2.23 bits per heavy atom. The number of hydrogen-bond donors (Lipinski definition) is 3. The standard InChI is InChI=1S/C21H23ClFNO3.C3H8S/c22-17-5-3-16(4-6-17)21(27)9-11-24(12-10-21)14-19(25)13-20(26)15-1-7-18(23)8-2-15;1-2-3-4/h1-8,19,25,27H,9-14H2;4H,2-3H2,1H3. The maximum Gasteiger partial charge on any atom is 0.165 e. The molecule has 1 aliphatic rings. The van der Waals surface area contributed by atoms with Crippen LogP contribution in [-0.2, 0) is 5.60 Å². The van der Waals surface area contributed by atoms with Crippen LogP contribution >= 0.6 is 24.2 Å². The summed E-state index contributed by atoms with van der Waals surface area (Å²) in [6.45, 7) is 3.72. The molecule has 1 saturated heterocycles. The van der Waals surface area contributed by atoms with Crippen LogP contribution in [0.2, 0.25) is 5.02 Å². The van der Waals surface area contributed by atoms with Crippen LogP contribution in [0.3, 0.4) is 0 Å². The van der Waals surface area contributed by atoms with Crippen molar-refractivity contribution >= 4 is 30.0 Å².